The summed E-state index contributed by atoms with van der Waals surface area (Å²) >= 11 is 11.9. The number of rotatable bonds is 5. The minimum absolute atomic E-state index is 0.0269. The Morgan fingerprint density at radius 1 is 1.38 bits per heavy atom. The van der Waals surface area contributed by atoms with Gasteiger partial charge >= 0.3 is 5.97 Å². The zero-order valence-corrected chi connectivity index (χ0v) is 13.2. The van der Waals surface area contributed by atoms with Crippen molar-refractivity contribution in [1.29, 1.82) is 0 Å². The van der Waals surface area contributed by atoms with Gasteiger partial charge in [-0.15, -0.1) is 0 Å². The first-order valence-corrected chi connectivity index (χ1v) is 7.64. The summed E-state index contributed by atoms with van der Waals surface area (Å²) in [7, 11) is 0. The van der Waals surface area contributed by atoms with Crippen LogP contribution in [0.4, 0.5) is 0 Å². The lowest BCUT2D eigenvalue weighted by molar-refractivity contribution is -0.155. The van der Waals surface area contributed by atoms with E-state index in [1.165, 1.54) is 0 Å². The van der Waals surface area contributed by atoms with Gasteiger partial charge in [0.2, 0.25) is 0 Å². The van der Waals surface area contributed by atoms with Gasteiger partial charge in [-0.25, -0.2) is 0 Å². The molecule has 114 valence electrons. The zero-order chi connectivity index (χ0) is 15.4. The number of carbonyl (C=O) groups excluding carboxylic acids is 2. The maximum atomic E-state index is 11.8. The zero-order valence-electron chi connectivity index (χ0n) is 11.7. The van der Waals surface area contributed by atoms with Gasteiger partial charge in [0.25, 0.3) is 5.91 Å². The molecular weight excluding hydrogens is 313 g/mol. The van der Waals surface area contributed by atoms with Crippen molar-refractivity contribution in [3.8, 4) is 0 Å². The quantitative estimate of drug-likeness (QED) is 0.841. The van der Waals surface area contributed by atoms with Crippen molar-refractivity contribution in [1.82, 2.24) is 5.32 Å². The van der Waals surface area contributed by atoms with E-state index in [-0.39, 0.29) is 30.4 Å². The molecule has 1 aliphatic carbocycles. The second-order valence-corrected chi connectivity index (χ2v) is 6.03. The van der Waals surface area contributed by atoms with Gasteiger partial charge in [0.15, 0.2) is 6.61 Å². The van der Waals surface area contributed by atoms with Crippen LogP contribution in [-0.2, 0) is 14.3 Å². The van der Waals surface area contributed by atoms with E-state index < -0.39 is 0 Å². The molecule has 0 heterocycles. The number of benzene rings is 1. The Morgan fingerprint density at radius 3 is 2.67 bits per heavy atom. The van der Waals surface area contributed by atoms with Gasteiger partial charge in [-0.1, -0.05) is 35.7 Å². The fraction of sp³-hybridized carbons (Fsp3) is 0.467. The number of nitrogens with one attached hydrogen (secondary N) is 1. The van der Waals surface area contributed by atoms with Crippen LogP contribution in [0.5, 0.6) is 0 Å². The molecule has 0 aromatic heterocycles. The maximum absolute atomic E-state index is 11.8. The molecule has 1 atom stereocenters. The molecule has 1 N–H and O–H groups in total. The molecule has 1 aromatic carbocycles. The second kappa shape index (κ2) is 7.14. The summed E-state index contributed by atoms with van der Waals surface area (Å²) in [5.74, 6) is -0.657. The molecule has 1 unspecified atom stereocenters. The first-order chi connectivity index (χ1) is 9.97. The summed E-state index contributed by atoms with van der Waals surface area (Å²) in [6.45, 7) is 1.55. The first-order valence-electron chi connectivity index (χ1n) is 6.88. The van der Waals surface area contributed by atoms with Crippen LogP contribution in [0.3, 0.4) is 0 Å². The van der Waals surface area contributed by atoms with Crippen LogP contribution in [0.15, 0.2) is 18.2 Å². The van der Waals surface area contributed by atoms with Crippen LogP contribution in [0.2, 0.25) is 10.0 Å². The summed E-state index contributed by atoms with van der Waals surface area (Å²) in [6, 6.07) is 4.81. The first kappa shape index (κ1) is 16.1. The Morgan fingerprint density at radius 2 is 2.10 bits per heavy atom. The van der Waals surface area contributed by atoms with Crippen LogP contribution in [0, 0.1) is 5.92 Å². The highest BCUT2D eigenvalue weighted by molar-refractivity contribution is 6.35. The Bertz CT molecular complexity index is 544. The molecule has 0 saturated heterocycles. The number of halogens is 2. The maximum Gasteiger partial charge on any atom is 0.309 e. The molecule has 0 bridgehead atoms. The summed E-state index contributed by atoms with van der Waals surface area (Å²) < 4.78 is 4.99. The lowest BCUT2D eigenvalue weighted by Gasteiger charge is -2.23. The Labute approximate surface area is 133 Å². The fourth-order valence-electron chi connectivity index (χ4n) is 2.11. The van der Waals surface area contributed by atoms with Gasteiger partial charge in [-0.2, -0.15) is 0 Å². The van der Waals surface area contributed by atoms with Crippen LogP contribution in [0.25, 0.3) is 0 Å². The van der Waals surface area contributed by atoms with E-state index in [0.29, 0.717) is 10.0 Å². The van der Waals surface area contributed by atoms with Gasteiger partial charge in [0.05, 0.1) is 12.0 Å². The van der Waals surface area contributed by atoms with E-state index in [2.05, 4.69) is 5.32 Å². The van der Waals surface area contributed by atoms with E-state index in [4.69, 9.17) is 27.9 Å². The minimum atomic E-state index is -0.346. The molecule has 1 fully saturated rings. The Balaban J connectivity index is 1.82. The van der Waals surface area contributed by atoms with E-state index in [0.717, 1.165) is 24.8 Å². The van der Waals surface area contributed by atoms with Crippen LogP contribution in [0.1, 0.15) is 37.8 Å². The molecule has 0 radical (unpaired) electrons. The van der Waals surface area contributed by atoms with Crippen LogP contribution in [-0.4, -0.2) is 18.5 Å². The SMILES string of the molecule is CC(NC(=O)COC(=O)C1CCC1)c1ccc(Cl)cc1Cl. The van der Waals surface area contributed by atoms with Gasteiger partial charge in [0.1, 0.15) is 0 Å². The van der Waals surface area contributed by atoms with E-state index in [1.54, 1.807) is 25.1 Å². The molecule has 6 heteroatoms. The lowest BCUT2D eigenvalue weighted by Crippen LogP contribution is -2.33. The number of ether oxygens (including phenoxy) is 1. The topological polar surface area (TPSA) is 55.4 Å². The van der Waals surface area contributed by atoms with Crippen molar-refractivity contribution in [3.05, 3.63) is 33.8 Å². The number of carbonyl (C=O) groups is 2. The number of esters is 1. The van der Waals surface area contributed by atoms with Crippen molar-refractivity contribution in [3.63, 3.8) is 0 Å². The van der Waals surface area contributed by atoms with Crippen molar-refractivity contribution < 1.29 is 14.3 Å². The number of hydrogen-bond donors (Lipinski definition) is 1. The van der Waals surface area contributed by atoms with Crippen molar-refractivity contribution in [2.24, 2.45) is 5.92 Å². The normalized spacial score (nSPS) is 16.0. The summed E-state index contributed by atoms with van der Waals surface area (Å²) in [6.07, 6.45) is 2.77. The summed E-state index contributed by atoms with van der Waals surface area (Å²) in [4.78, 5) is 23.3. The second-order valence-electron chi connectivity index (χ2n) is 5.19. The van der Waals surface area contributed by atoms with E-state index in [1.807, 2.05) is 0 Å². The van der Waals surface area contributed by atoms with Gasteiger partial charge in [-0.05, 0) is 37.5 Å². The minimum Gasteiger partial charge on any atom is -0.455 e. The molecule has 4 nitrogen and oxygen atoms in total. The highest BCUT2D eigenvalue weighted by Gasteiger charge is 2.27. The summed E-state index contributed by atoms with van der Waals surface area (Å²) in [5, 5.41) is 3.77. The van der Waals surface area contributed by atoms with Crippen molar-refractivity contribution in [2.45, 2.75) is 32.2 Å². The molecule has 1 aliphatic rings. The van der Waals surface area contributed by atoms with Gasteiger partial charge in [-0.3, -0.25) is 9.59 Å². The van der Waals surface area contributed by atoms with Crippen molar-refractivity contribution in [2.75, 3.05) is 6.61 Å². The van der Waals surface area contributed by atoms with E-state index >= 15 is 0 Å². The predicted octanol–water partition coefficient (Wildman–Crippen LogP) is 3.51. The molecule has 1 amide bonds. The number of hydrogen-bond acceptors (Lipinski definition) is 3. The van der Waals surface area contributed by atoms with Gasteiger partial charge in [0, 0.05) is 10.0 Å². The van der Waals surface area contributed by atoms with Crippen LogP contribution >= 0.6 is 23.2 Å². The van der Waals surface area contributed by atoms with Gasteiger partial charge < -0.3 is 10.1 Å². The van der Waals surface area contributed by atoms with Crippen molar-refractivity contribution >= 4 is 35.1 Å². The lowest BCUT2D eigenvalue weighted by atomic mass is 9.86. The Kier molecular flexibility index (Phi) is 5.48. The number of amides is 1. The average Bonchev–Trinajstić information content (AvgIpc) is 2.34. The molecule has 21 heavy (non-hydrogen) atoms. The third-order valence-electron chi connectivity index (χ3n) is 3.59. The monoisotopic (exact) mass is 329 g/mol. The average molecular weight is 330 g/mol. The Hall–Kier alpha value is -1.26. The summed E-state index contributed by atoms with van der Waals surface area (Å²) in [5.41, 5.74) is 0.764. The molecule has 0 spiro atoms. The standard InChI is InChI=1S/C15H17Cl2NO3/c1-9(12-6-5-11(16)7-13(12)17)18-14(19)8-21-15(20)10-3-2-4-10/h5-7,9-10H,2-4,8H2,1H3,(H,18,19). The molecular formula is C15H17Cl2NO3. The van der Waals surface area contributed by atoms with E-state index in [9.17, 15) is 9.59 Å². The predicted molar refractivity (Wildman–Crippen MR) is 81.3 cm³/mol. The third kappa shape index (κ3) is 4.35. The third-order valence-corrected chi connectivity index (χ3v) is 4.15. The molecule has 1 saturated carbocycles. The molecule has 0 aliphatic heterocycles. The molecule has 2 rings (SSSR count). The van der Waals surface area contributed by atoms with Crippen LogP contribution < -0.4 is 5.32 Å². The fourth-order valence-corrected chi connectivity index (χ4v) is 2.68. The largest absolute Gasteiger partial charge is 0.455 e. The molecule has 1 aromatic rings. The highest BCUT2D eigenvalue weighted by Crippen LogP contribution is 2.27. The smallest absolute Gasteiger partial charge is 0.309 e. The highest BCUT2D eigenvalue weighted by atomic mass is 35.5.